The first-order valence-electron chi connectivity index (χ1n) is 4.35. The van der Waals surface area contributed by atoms with Crippen molar-refractivity contribution in [3.8, 4) is 0 Å². The van der Waals surface area contributed by atoms with Crippen LogP contribution in [0.4, 0.5) is 0 Å². The lowest BCUT2D eigenvalue weighted by Crippen LogP contribution is -2.34. The summed E-state index contributed by atoms with van der Waals surface area (Å²) >= 11 is 2.50. The van der Waals surface area contributed by atoms with Crippen molar-refractivity contribution < 1.29 is 0 Å². The SMILES string of the molecule is CC1=C(I)CN2CCCC2C1. The van der Waals surface area contributed by atoms with Crippen LogP contribution in [-0.2, 0) is 0 Å². The summed E-state index contributed by atoms with van der Waals surface area (Å²) < 4.78 is 1.58. The maximum atomic E-state index is 2.63. The zero-order chi connectivity index (χ0) is 7.84. The van der Waals surface area contributed by atoms with Gasteiger partial charge in [-0.15, -0.1) is 0 Å². The van der Waals surface area contributed by atoms with Gasteiger partial charge in [-0.25, -0.2) is 0 Å². The van der Waals surface area contributed by atoms with Crippen molar-refractivity contribution in [2.75, 3.05) is 13.1 Å². The van der Waals surface area contributed by atoms with Gasteiger partial charge in [0.1, 0.15) is 0 Å². The molecule has 2 heteroatoms. The van der Waals surface area contributed by atoms with Gasteiger partial charge in [0, 0.05) is 16.2 Å². The molecule has 62 valence electrons. The fourth-order valence-electron chi connectivity index (χ4n) is 2.11. The molecule has 2 aliphatic heterocycles. The second kappa shape index (κ2) is 3.05. The molecule has 0 amide bonds. The van der Waals surface area contributed by atoms with Crippen molar-refractivity contribution in [1.29, 1.82) is 0 Å². The minimum absolute atomic E-state index is 0.897. The van der Waals surface area contributed by atoms with Gasteiger partial charge in [-0.2, -0.15) is 0 Å². The molecular formula is C9H14IN. The van der Waals surface area contributed by atoms with E-state index in [1.54, 1.807) is 9.15 Å². The summed E-state index contributed by atoms with van der Waals surface area (Å²) in [6.07, 6.45) is 4.18. The molecular weight excluding hydrogens is 249 g/mol. The van der Waals surface area contributed by atoms with Gasteiger partial charge < -0.3 is 0 Å². The number of hydrogen-bond donors (Lipinski definition) is 0. The van der Waals surface area contributed by atoms with E-state index in [0.29, 0.717) is 0 Å². The van der Waals surface area contributed by atoms with Crippen LogP contribution in [0.1, 0.15) is 26.2 Å². The average Bonchev–Trinajstić information content (AvgIpc) is 2.36. The Hall–Kier alpha value is 0.430. The third-order valence-electron chi connectivity index (χ3n) is 2.85. The van der Waals surface area contributed by atoms with Gasteiger partial charge in [-0.05, 0) is 55.3 Å². The highest BCUT2D eigenvalue weighted by Crippen LogP contribution is 2.32. The van der Waals surface area contributed by atoms with E-state index >= 15 is 0 Å². The topological polar surface area (TPSA) is 3.24 Å². The van der Waals surface area contributed by atoms with Crippen LogP contribution in [0.5, 0.6) is 0 Å². The standard InChI is InChI=1S/C9H14IN/c1-7-5-8-3-2-4-11(8)6-9(7)10/h8H,2-6H2,1H3. The van der Waals surface area contributed by atoms with Crippen molar-refractivity contribution in [3.63, 3.8) is 0 Å². The first kappa shape index (κ1) is 8.05. The second-order valence-electron chi connectivity index (χ2n) is 3.66. The summed E-state index contributed by atoms with van der Waals surface area (Å²) in [5.41, 5.74) is 1.63. The zero-order valence-corrected chi connectivity index (χ0v) is 9.10. The largest absolute Gasteiger partial charge is 0.295 e. The minimum Gasteiger partial charge on any atom is -0.295 e. The van der Waals surface area contributed by atoms with E-state index in [2.05, 4.69) is 34.4 Å². The number of halogens is 1. The minimum atomic E-state index is 0.897. The highest BCUT2D eigenvalue weighted by atomic mass is 127. The number of fused-ring (bicyclic) bond motifs is 1. The normalized spacial score (nSPS) is 32.7. The Morgan fingerprint density at radius 1 is 1.55 bits per heavy atom. The van der Waals surface area contributed by atoms with Gasteiger partial charge in [0.25, 0.3) is 0 Å². The third kappa shape index (κ3) is 1.47. The quantitative estimate of drug-likeness (QED) is 0.607. The Morgan fingerprint density at radius 3 is 3.18 bits per heavy atom. The van der Waals surface area contributed by atoms with Gasteiger partial charge in [0.05, 0.1) is 0 Å². The molecule has 0 aliphatic carbocycles. The predicted molar refractivity (Wildman–Crippen MR) is 55.9 cm³/mol. The van der Waals surface area contributed by atoms with E-state index in [1.165, 1.54) is 32.4 Å². The summed E-state index contributed by atoms with van der Waals surface area (Å²) in [7, 11) is 0. The van der Waals surface area contributed by atoms with Crippen LogP contribution in [0, 0.1) is 0 Å². The highest BCUT2D eigenvalue weighted by molar-refractivity contribution is 14.1. The first-order chi connectivity index (χ1) is 5.27. The molecule has 0 aromatic rings. The maximum Gasteiger partial charge on any atom is 0.0294 e. The molecule has 1 atom stereocenters. The predicted octanol–water partition coefficient (Wildman–Crippen LogP) is 2.56. The van der Waals surface area contributed by atoms with Crippen molar-refractivity contribution in [2.24, 2.45) is 0 Å². The van der Waals surface area contributed by atoms with Crippen LogP contribution in [0.15, 0.2) is 9.15 Å². The molecule has 1 unspecified atom stereocenters. The molecule has 0 aromatic heterocycles. The molecule has 11 heavy (non-hydrogen) atoms. The Labute approximate surface area is 82.0 Å². The molecule has 0 bridgehead atoms. The molecule has 2 heterocycles. The first-order valence-corrected chi connectivity index (χ1v) is 5.43. The van der Waals surface area contributed by atoms with Crippen molar-refractivity contribution in [1.82, 2.24) is 4.90 Å². The molecule has 1 fully saturated rings. The van der Waals surface area contributed by atoms with Crippen molar-refractivity contribution in [2.45, 2.75) is 32.2 Å². The smallest absolute Gasteiger partial charge is 0.0294 e. The monoisotopic (exact) mass is 263 g/mol. The molecule has 1 nitrogen and oxygen atoms in total. The highest BCUT2D eigenvalue weighted by Gasteiger charge is 2.28. The molecule has 2 aliphatic rings. The summed E-state index contributed by atoms with van der Waals surface area (Å²) in [6, 6.07) is 0.897. The molecule has 0 radical (unpaired) electrons. The van der Waals surface area contributed by atoms with Gasteiger partial charge >= 0.3 is 0 Å². The fraction of sp³-hybridized carbons (Fsp3) is 0.778. The van der Waals surface area contributed by atoms with Crippen LogP contribution >= 0.6 is 22.6 Å². The lowest BCUT2D eigenvalue weighted by atomic mass is 10.0. The number of rotatable bonds is 0. The lowest BCUT2D eigenvalue weighted by molar-refractivity contribution is 0.264. The van der Waals surface area contributed by atoms with Gasteiger partial charge in [0.2, 0.25) is 0 Å². The van der Waals surface area contributed by atoms with Crippen LogP contribution in [0.3, 0.4) is 0 Å². The van der Waals surface area contributed by atoms with E-state index < -0.39 is 0 Å². The lowest BCUT2D eigenvalue weighted by Gasteiger charge is -2.30. The Kier molecular flexibility index (Phi) is 2.23. The summed E-state index contributed by atoms with van der Waals surface area (Å²) in [5.74, 6) is 0. The Morgan fingerprint density at radius 2 is 2.36 bits per heavy atom. The number of nitrogens with zero attached hydrogens (tertiary/aromatic N) is 1. The van der Waals surface area contributed by atoms with Crippen LogP contribution in [0.2, 0.25) is 0 Å². The van der Waals surface area contributed by atoms with Crippen LogP contribution < -0.4 is 0 Å². The summed E-state index contributed by atoms with van der Waals surface area (Å²) in [4.78, 5) is 2.63. The van der Waals surface area contributed by atoms with Crippen LogP contribution in [-0.4, -0.2) is 24.0 Å². The molecule has 1 saturated heterocycles. The number of hydrogen-bond acceptors (Lipinski definition) is 1. The van der Waals surface area contributed by atoms with Gasteiger partial charge in [-0.3, -0.25) is 4.90 Å². The zero-order valence-electron chi connectivity index (χ0n) is 6.94. The second-order valence-corrected chi connectivity index (χ2v) is 4.96. The van der Waals surface area contributed by atoms with E-state index in [9.17, 15) is 0 Å². The van der Waals surface area contributed by atoms with Gasteiger partial charge in [0.15, 0.2) is 0 Å². The Bertz CT molecular complexity index is 178. The third-order valence-corrected chi connectivity index (χ3v) is 4.11. The fourth-order valence-corrected chi connectivity index (χ4v) is 2.77. The maximum absolute atomic E-state index is 2.63. The van der Waals surface area contributed by atoms with E-state index in [1.807, 2.05) is 0 Å². The molecule has 0 aromatic carbocycles. The van der Waals surface area contributed by atoms with Crippen molar-refractivity contribution in [3.05, 3.63) is 9.15 Å². The molecule has 2 rings (SSSR count). The summed E-state index contributed by atoms with van der Waals surface area (Å²) in [5, 5.41) is 0. The van der Waals surface area contributed by atoms with E-state index in [0.717, 1.165) is 6.04 Å². The van der Waals surface area contributed by atoms with Crippen LogP contribution in [0.25, 0.3) is 0 Å². The van der Waals surface area contributed by atoms with Gasteiger partial charge in [-0.1, -0.05) is 5.57 Å². The molecule has 0 N–H and O–H groups in total. The van der Waals surface area contributed by atoms with E-state index in [-0.39, 0.29) is 0 Å². The summed E-state index contributed by atoms with van der Waals surface area (Å²) in [6.45, 7) is 4.86. The molecule has 0 spiro atoms. The average molecular weight is 263 g/mol. The van der Waals surface area contributed by atoms with Crippen molar-refractivity contribution >= 4 is 22.6 Å². The Balaban J connectivity index is 2.14. The molecule has 0 saturated carbocycles. The van der Waals surface area contributed by atoms with E-state index in [4.69, 9.17) is 0 Å².